The van der Waals surface area contributed by atoms with Gasteiger partial charge >= 0.3 is 0 Å². The first-order valence-electron chi connectivity index (χ1n) is 16.3. The first-order chi connectivity index (χ1) is 24.7. The molecule has 2 aromatic heterocycles. The van der Waals surface area contributed by atoms with E-state index in [4.69, 9.17) is 0 Å². The highest BCUT2D eigenvalue weighted by Gasteiger charge is 2.19. The van der Waals surface area contributed by atoms with Gasteiger partial charge in [0.15, 0.2) is 0 Å². The molecule has 50 heavy (non-hydrogen) atoms. The predicted molar refractivity (Wildman–Crippen MR) is 200 cm³/mol. The van der Waals surface area contributed by atoms with E-state index in [0.717, 1.165) is 55.2 Å². The Labute approximate surface area is 287 Å². The van der Waals surface area contributed by atoms with Crippen molar-refractivity contribution in [1.82, 2.24) is 9.13 Å². The summed E-state index contributed by atoms with van der Waals surface area (Å²) in [7, 11) is 0. The van der Waals surface area contributed by atoms with Crippen LogP contribution in [0.5, 0.6) is 0 Å². The van der Waals surface area contributed by atoms with Crippen LogP contribution in [0.25, 0.3) is 77.2 Å². The van der Waals surface area contributed by atoms with Crippen LogP contribution in [0, 0.1) is 34.0 Å². The lowest BCUT2D eigenvalue weighted by Gasteiger charge is -2.15. The van der Waals surface area contributed by atoms with Gasteiger partial charge < -0.3 is 9.13 Å². The fourth-order valence-corrected chi connectivity index (χ4v) is 7.42. The fourth-order valence-electron chi connectivity index (χ4n) is 7.42. The van der Waals surface area contributed by atoms with Gasteiger partial charge in [-0.1, -0.05) is 97.1 Å². The zero-order chi connectivity index (χ0) is 33.8. The van der Waals surface area contributed by atoms with Gasteiger partial charge in [-0.15, -0.1) is 0 Å². The van der Waals surface area contributed by atoms with Crippen LogP contribution >= 0.6 is 0 Å². The third-order valence-corrected chi connectivity index (χ3v) is 9.65. The Morgan fingerprint density at radius 3 is 1.46 bits per heavy atom. The molecule has 0 amide bonds. The van der Waals surface area contributed by atoms with Crippen LogP contribution in [-0.4, -0.2) is 9.13 Å². The minimum absolute atomic E-state index is 0.451. The van der Waals surface area contributed by atoms with Crippen LogP contribution in [-0.2, 0) is 0 Å². The SMILES string of the molecule is N#Cc1ccc2c(c1)c1ccccc1n2-c1cc(C#N)c(-c2ccc(-c3ccccc3-n3c4ccccc4c4ccccc43)cc2)cc1C#N. The van der Waals surface area contributed by atoms with E-state index in [-0.39, 0.29) is 0 Å². The molecule has 9 aromatic rings. The molecule has 0 aliphatic rings. The topological polar surface area (TPSA) is 81.2 Å². The van der Waals surface area contributed by atoms with Crippen LogP contribution in [0.1, 0.15) is 16.7 Å². The van der Waals surface area contributed by atoms with Crippen molar-refractivity contribution in [2.45, 2.75) is 0 Å². The van der Waals surface area contributed by atoms with E-state index >= 15 is 0 Å². The summed E-state index contributed by atoms with van der Waals surface area (Å²) < 4.78 is 4.35. The summed E-state index contributed by atoms with van der Waals surface area (Å²) >= 11 is 0. The van der Waals surface area contributed by atoms with Gasteiger partial charge in [0, 0.05) is 32.7 Å². The highest BCUT2D eigenvalue weighted by molar-refractivity contribution is 6.11. The van der Waals surface area contributed by atoms with Gasteiger partial charge in [0.2, 0.25) is 0 Å². The van der Waals surface area contributed by atoms with Crippen molar-refractivity contribution >= 4 is 43.6 Å². The molecule has 9 rings (SSSR count). The predicted octanol–water partition coefficient (Wildman–Crippen LogP) is 10.8. The molecular formula is C45H25N5. The Bertz CT molecular complexity index is 2900. The monoisotopic (exact) mass is 635 g/mol. The number of fused-ring (bicyclic) bond motifs is 6. The maximum absolute atomic E-state index is 10.5. The van der Waals surface area contributed by atoms with E-state index in [9.17, 15) is 15.8 Å². The van der Waals surface area contributed by atoms with E-state index in [1.54, 1.807) is 6.07 Å². The Morgan fingerprint density at radius 2 is 0.860 bits per heavy atom. The average Bonchev–Trinajstić information content (AvgIpc) is 3.70. The highest BCUT2D eigenvalue weighted by atomic mass is 15.0. The first-order valence-corrected chi connectivity index (χ1v) is 16.3. The van der Waals surface area contributed by atoms with Gasteiger partial charge in [0.1, 0.15) is 6.07 Å². The van der Waals surface area contributed by atoms with Crippen molar-refractivity contribution in [3.63, 3.8) is 0 Å². The molecule has 0 N–H and O–H groups in total. The Kier molecular flexibility index (Phi) is 6.56. The van der Waals surface area contributed by atoms with Gasteiger partial charge in [0.05, 0.1) is 62.3 Å². The summed E-state index contributed by atoms with van der Waals surface area (Å²) in [5.41, 5.74) is 10.9. The lowest BCUT2D eigenvalue weighted by atomic mass is 9.94. The fraction of sp³-hybridized carbons (Fsp3) is 0. The largest absolute Gasteiger partial charge is 0.309 e. The van der Waals surface area contributed by atoms with E-state index < -0.39 is 0 Å². The average molecular weight is 636 g/mol. The number of hydrogen-bond donors (Lipinski definition) is 0. The molecule has 0 atom stereocenters. The maximum atomic E-state index is 10.5. The van der Waals surface area contributed by atoms with Crippen LogP contribution < -0.4 is 0 Å². The Morgan fingerprint density at radius 1 is 0.360 bits per heavy atom. The minimum atomic E-state index is 0.451. The molecule has 230 valence electrons. The molecule has 0 spiro atoms. The van der Waals surface area contributed by atoms with Crippen LogP contribution in [0.3, 0.4) is 0 Å². The number of hydrogen-bond acceptors (Lipinski definition) is 3. The molecule has 7 aromatic carbocycles. The maximum Gasteiger partial charge on any atom is 0.101 e. The van der Waals surface area contributed by atoms with Crippen LogP contribution in [0.4, 0.5) is 0 Å². The van der Waals surface area contributed by atoms with Gasteiger partial charge in [0.25, 0.3) is 0 Å². The minimum Gasteiger partial charge on any atom is -0.309 e. The van der Waals surface area contributed by atoms with Crippen molar-refractivity contribution < 1.29 is 0 Å². The number of para-hydroxylation sites is 4. The number of benzene rings is 7. The second kappa shape index (κ2) is 11.4. The number of nitriles is 3. The van der Waals surface area contributed by atoms with Crippen molar-refractivity contribution in [2.24, 2.45) is 0 Å². The van der Waals surface area contributed by atoms with Crippen LogP contribution in [0.2, 0.25) is 0 Å². The summed E-state index contributed by atoms with van der Waals surface area (Å²) in [6, 6.07) is 57.8. The number of rotatable bonds is 4. The third-order valence-electron chi connectivity index (χ3n) is 9.65. The molecule has 2 heterocycles. The van der Waals surface area contributed by atoms with Crippen molar-refractivity contribution in [3.8, 4) is 51.8 Å². The lowest BCUT2D eigenvalue weighted by Crippen LogP contribution is -2.00. The van der Waals surface area contributed by atoms with Crippen molar-refractivity contribution in [2.75, 3.05) is 0 Å². The highest BCUT2D eigenvalue weighted by Crippen LogP contribution is 2.39. The zero-order valence-corrected chi connectivity index (χ0v) is 26.7. The summed E-state index contributed by atoms with van der Waals surface area (Å²) in [4.78, 5) is 0. The van der Waals surface area contributed by atoms with Crippen molar-refractivity contribution in [1.29, 1.82) is 15.8 Å². The summed E-state index contributed by atoms with van der Waals surface area (Å²) in [6.07, 6.45) is 0. The van der Waals surface area contributed by atoms with Gasteiger partial charge in [-0.3, -0.25) is 0 Å². The molecule has 0 aliphatic heterocycles. The quantitative estimate of drug-likeness (QED) is 0.193. The van der Waals surface area contributed by atoms with Crippen LogP contribution in [0.15, 0.2) is 152 Å². The summed E-state index contributed by atoms with van der Waals surface area (Å²) in [6.45, 7) is 0. The molecular weight excluding hydrogens is 611 g/mol. The van der Waals surface area contributed by atoms with E-state index in [1.807, 2.05) is 65.2 Å². The molecule has 0 radical (unpaired) electrons. The lowest BCUT2D eigenvalue weighted by molar-refractivity contribution is 1.16. The normalized spacial score (nSPS) is 11.1. The molecule has 0 aliphatic carbocycles. The van der Waals surface area contributed by atoms with Gasteiger partial charge in [-0.2, -0.15) is 15.8 Å². The first kappa shape index (κ1) is 28.8. The molecule has 0 saturated carbocycles. The molecule has 0 bridgehead atoms. The molecule has 0 unspecified atom stereocenters. The Hall–Kier alpha value is -7.39. The number of nitrogens with zero attached hydrogens (tertiary/aromatic N) is 5. The van der Waals surface area contributed by atoms with E-state index in [2.05, 4.69) is 108 Å². The van der Waals surface area contributed by atoms with Gasteiger partial charge in [-0.05, 0) is 65.7 Å². The molecule has 5 heteroatoms. The molecule has 0 fully saturated rings. The summed E-state index contributed by atoms with van der Waals surface area (Å²) in [5.74, 6) is 0. The van der Waals surface area contributed by atoms with E-state index in [1.165, 1.54) is 10.8 Å². The van der Waals surface area contributed by atoms with E-state index in [0.29, 0.717) is 27.9 Å². The standard InChI is InChI=1S/C45H25N5/c46-26-29-17-22-44-39(23-29)37-12-4-8-16-43(37)50(44)45-25-32(27-47)38(24-33(45)28-48)31-20-18-30(19-21-31)34-9-1-5-13-40(34)49-41-14-6-2-10-35(41)36-11-3-7-15-42(36)49/h1-25H. The van der Waals surface area contributed by atoms with Crippen molar-refractivity contribution in [3.05, 3.63) is 168 Å². The second-order valence-electron chi connectivity index (χ2n) is 12.3. The molecule has 5 nitrogen and oxygen atoms in total. The Balaban J connectivity index is 1.17. The molecule has 0 saturated heterocycles. The second-order valence-corrected chi connectivity index (χ2v) is 12.3. The van der Waals surface area contributed by atoms with Gasteiger partial charge in [-0.25, -0.2) is 0 Å². The summed E-state index contributed by atoms with van der Waals surface area (Å²) in [5, 5.41) is 34.8. The number of aromatic nitrogens is 2. The third kappa shape index (κ3) is 4.31. The zero-order valence-electron chi connectivity index (χ0n) is 26.7. The smallest absolute Gasteiger partial charge is 0.101 e.